The van der Waals surface area contributed by atoms with Crippen molar-refractivity contribution in [1.29, 1.82) is 0 Å². The molecule has 0 N–H and O–H groups in total. The van der Waals surface area contributed by atoms with E-state index in [1.54, 1.807) is 0 Å². The summed E-state index contributed by atoms with van der Waals surface area (Å²) >= 11 is 0. The molecule has 1 aliphatic heterocycles. The molecule has 1 aliphatic rings. The molecule has 0 aromatic heterocycles. The zero-order valence-corrected chi connectivity index (χ0v) is 10.2. The molecule has 0 aliphatic carbocycles. The zero-order valence-electron chi connectivity index (χ0n) is 10.2. The molecule has 0 unspecified atom stereocenters. The Hall–Kier alpha value is 0.0249. The van der Waals surface area contributed by atoms with E-state index in [0.717, 1.165) is 18.2 Å². The Morgan fingerprint density at radius 1 is 1.50 bits per heavy atom. The van der Waals surface area contributed by atoms with Gasteiger partial charge in [0, 0.05) is 13.1 Å². The largest absolute Gasteiger partial charge is 0.306 e. The predicted octanol–water partition coefficient (Wildman–Crippen LogP) is 2.58. The van der Waals surface area contributed by atoms with Gasteiger partial charge in [-0.3, -0.25) is 0 Å². The summed E-state index contributed by atoms with van der Waals surface area (Å²) < 4.78 is 0. The fourth-order valence-electron chi connectivity index (χ4n) is 3.14. The fourth-order valence-corrected chi connectivity index (χ4v) is 3.14. The van der Waals surface area contributed by atoms with E-state index in [4.69, 9.17) is 7.85 Å². The molecule has 1 heterocycles. The average Bonchev–Trinajstić information content (AvgIpc) is 2.39. The zero-order chi connectivity index (χ0) is 10.8. The highest BCUT2D eigenvalue weighted by Gasteiger charge is 2.41. The lowest BCUT2D eigenvalue weighted by Gasteiger charge is -2.33. The van der Waals surface area contributed by atoms with Crippen LogP contribution in [0.1, 0.15) is 33.6 Å². The van der Waals surface area contributed by atoms with Crippen molar-refractivity contribution in [2.24, 2.45) is 17.3 Å². The molecule has 1 saturated heterocycles. The summed E-state index contributed by atoms with van der Waals surface area (Å²) in [4.78, 5) is 2.47. The first-order chi connectivity index (χ1) is 6.49. The second kappa shape index (κ2) is 4.70. The third-order valence-electron chi connectivity index (χ3n) is 3.79. The topological polar surface area (TPSA) is 3.24 Å². The molecular formula is C12H24BN. The van der Waals surface area contributed by atoms with Crippen molar-refractivity contribution in [2.45, 2.75) is 39.9 Å². The Kier molecular flexibility index (Phi) is 4.06. The van der Waals surface area contributed by atoms with Crippen LogP contribution in [0.4, 0.5) is 0 Å². The average molecular weight is 193 g/mol. The van der Waals surface area contributed by atoms with Crippen LogP contribution in [0.15, 0.2) is 0 Å². The van der Waals surface area contributed by atoms with Crippen LogP contribution < -0.4 is 0 Å². The fraction of sp³-hybridized carbons (Fsp3) is 1.00. The van der Waals surface area contributed by atoms with Gasteiger partial charge in [0.15, 0.2) is 0 Å². The van der Waals surface area contributed by atoms with Gasteiger partial charge in [0.05, 0.1) is 7.85 Å². The van der Waals surface area contributed by atoms with E-state index in [9.17, 15) is 0 Å². The maximum atomic E-state index is 5.61. The van der Waals surface area contributed by atoms with Crippen LogP contribution in [0.2, 0.25) is 6.32 Å². The molecule has 1 rings (SSSR count). The minimum absolute atomic E-state index is 0.502. The molecule has 0 amide bonds. The lowest BCUT2D eigenvalue weighted by molar-refractivity contribution is 0.181. The van der Waals surface area contributed by atoms with Gasteiger partial charge in [0.1, 0.15) is 0 Å². The van der Waals surface area contributed by atoms with Crippen LogP contribution in [0.5, 0.6) is 0 Å². The monoisotopic (exact) mass is 193 g/mol. The second-order valence-corrected chi connectivity index (χ2v) is 5.59. The molecule has 1 nitrogen and oxygen atoms in total. The summed E-state index contributed by atoms with van der Waals surface area (Å²) in [5.74, 6) is 1.64. The van der Waals surface area contributed by atoms with Gasteiger partial charge >= 0.3 is 0 Å². The van der Waals surface area contributed by atoms with Gasteiger partial charge < -0.3 is 4.90 Å². The lowest BCUT2D eigenvalue weighted by Crippen LogP contribution is -2.29. The van der Waals surface area contributed by atoms with Crippen LogP contribution in [0.25, 0.3) is 0 Å². The summed E-state index contributed by atoms with van der Waals surface area (Å²) in [5, 5.41) is 0. The summed E-state index contributed by atoms with van der Waals surface area (Å²) in [6.07, 6.45) is 3.30. The van der Waals surface area contributed by atoms with Crippen LogP contribution in [0, 0.1) is 17.3 Å². The van der Waals surface area contributed by atoms with Gasteiger partial charge in [-0.05, 0) is 30.7 Å². The van der Waals surface area contributed by atoms with E-state index in [-0.39, 0.29) is 0 Å². The Labute approximate surface area is 90.7 Å². The highest BCUT2D eigenvalue weighted by atomic mass is 15.1. The first kappa shape index (κ1) is 12.1. The smallest absolute Gasteiger partial charge is 0.0653 e. The van der Waals surface area contributed by atoms with Crippen molar-refractivity contribution >= 4 is 7.85 Å². The molecule has 2 atom stereocenters. The number of likely N-dealkylation sites (tertiary alicyclic amines) is 1. The number of rotatable bonds is 4. The van der Waals surface area contributed by atoms with Gasteiger partial charge in [0.2, 0.25) is 0 Å². The van der Waals surface area contributed by atoms with Crippen LogP contribution in [-0.2, 0) is 0 Å². The molecule has 1 fully saturated rings. The van der Waals surface area contributed by atoms with E-state index in [2.05, 4.69) is 32.7 Å². The molecule has 0 bridgehead atoms. The Balaban J connectivity index is 2.63. The first-order valence-electron chi connectivity index (χ1n) is 5.88. The highest BCUT2D eigenvalue weighted by molar-refractivity contribution is 6.08. The Morgan fingerprint density at radius 3 is 2.64 bits per heavy atom. The van der Waals surface area contributed by atoms with Crippen LogP contribution in [-0.4, -0.2) is 32.9 Å². The summed E-state index contributed by atoms with van der Waals surface area (Å²) in [7, 11) is 7.85. The van der Waals surface area contributed by atoms with Crippen molar-refractivity contribution in [2.75, 3.05) is 20.1 Å². The van der Waals surface area contributed by atoms with Crippen LogP contribution in [0.3, 0.4) is 0 Å². The minimum Gasteiger partial charge on any atom is -0.306 e. The van der Waals surface area contributed by atoms with E-state index in [1.165, 1.54) is 25.9 Å². The molecule has 0 saturated carbocycles. The number of nitrogens with zero attached hydrogens (tertiary/aromatic N) is 1. The van der Waals surface area contributed by atoms with Gasteiger partial charge in [-0.15, -0.1) is 0 Å². The first-order valence-corrected chi connectivity index (χ1v) is 5.88. The van der Waals surface area contributed by atoms with Gasteiger partial charge in [-0.2, -0.15) is 0 Å². The predicted molar refractivity (Wildman–Crippen MR) is 63.7 cm³/mol. The maximum Gasteiger partial charge on any atom is 0.0653 e. The van der Waals surface area contributed by atoms with Crippen molar-refractivity contribution < 1.29 is 0 Å². The van der Waals surface area contributed by atoms with E-state index in [0.29, 0.717) is 5.41 Å². The Morgan fingerprint density at radius 2 is 2.14 bits per heavy atom. The summed E-state index contributed by atoms with van der Waals surface area (Å²) in [6, 6.07) is 0. The number of hydrogen-bond donors (Lipinski definition) is 0. The minimum atomic E-state index is 0.502. The molecule has 2 heteroatoms. The highest BCUT2D eigenvalue weighted by Crippen LogP contribution is 2.43. The molecule has 0 aromatic rings. The third-order valence-corrected chi connectivity index (χ3v) is 3.79. The lowest BCUT2D eigenvalue weighted by atomic mass is 9.70. The Bertz CT molecular complexity index is 181. The molecule has 2 radical (unpaired) electrons. The van der Waals surface area contributed by atoms with E-state index < -0.39 is 0 Å². The maximum absolute atomic E-state index is 5.61. The quantitative estimate of drug-likeness (QED) is 0.620. The molecule has 0 aromatic carbocycles. The van der Waals surface area contributed by atoms with Crippen molar-refractivity contribution in [3.8, 4) is 0 Å². The molecule has 0 spiro atoms. The van der Waals surface area contributed by atoms with Gasteiger partial charge in [0.25, 0.3) is 0 Å². The summed E-state index contributed by atoms with van der Waals surface area (Å²) in [5.41, 5.74) is 0.502. The second-order valence-electron chi connectivity index (χ2n) is 5.59. The molecule has 80 valence electrons. The molecule has 14 heavy (non-hydrogen) atoms. The van der Waals surface area contributed by atoms with E-state index >= 15 is 0 Å². The van der Waals surface area contributed by atoms with Crippen molar-refractivity contribution in [3.05, 3.63) is 0 Å². The standard InChI is InChI=1S/C12H24BN/c1-10(2)11-8-14(4)9-12(11,3)6-5-7-13/h10-11H,5-9H2,1-4H3/t11-,12-/m0/s1. The van der Waals surface area contributed by atoms with Crippen molar-refractivity contribution in [3.63, 3.8) is 0 Å². The SMILES string of the molecule is [B]CCC[C@@]1(C)CN(C)C[C@H]1C(C)C. The third kappa shape index (κ3) is 2.53. The van der Waals surface area contributed by atoms with Gasteiger partial charge in [-0.25, -0.2) is 0 Å². The van der Waals surface area contributed by atoms with E-state index in [1.807, 2.05) is 0 Å². The summed E-state index contributed by atoms with van der Waals surface area (Å²) in [6.45, 7) is 9.65. The number of hydrogen-bond acceptors (Lipinski definition) is 1. The normalized spacial score (nSPS) is 34.2. The van der Waals surface area contributed by atoms with Gasteiger partial charge in [-0.1, -0.05) is 33.5 Å². The van der Waals surface area contributed by atoms with Crippen LogP contribution >= 0.6 is 0 Å². The molecular weight excluding hydrogens is 169 g/mol. The van der Waals surface area contributed by atoms with Crippen molar-refractivity contribution in [1.82, 2.24) is 4.90 Å².